The maximum atomic E-state index is 11.7. The molecule has 0 radical (unpaired) electrons. The van der Waals surface area contributed by atoms with Crippen LogP contribution in [-0.4, -0.2) is 9.97 Å². The average molecular weight is 223 g/mol. The van der Waals surface area contributed by atoms with Crippen molar-refractivity contribution in [3.8, 4) is 0 Å². The molecule has 1 heterocycles. The summed E-state index contributed by atoms with van der Waals surface area (Å²) < 4.78 is 0. The second-order valence-electron chi connectivity index (χ2n) is 3.55. The summed E-state index contributed by atoms with van der Waals surface area (Å²) in [5, 5.41) is 0.618. The van der Waals surface area contributed by atoms with E-state index >= 15 is 0 Å². The first-order valence-electron chi connectivity index (χ1n) is 4.68. The third-order valence-electron chi connectivity index (χ3n) is 2.58. The fraction of sp³-hybridized carbons (Fsp3) is 0.273. The van der Waals surface area contributed by atoms with Crippen LogP contribution in [0.2, 0.25) is 0 Å². The largest absolute Gasteiger partial charge is 0.309 e. The number of H-pyrrole nitrogens is 1. The fourth-order valence-corrected chi connectivity index (χ4v) is 1.68. The van der Waals surface area contributed by atoms with Gasteiger partial charge in [-0.05, 0) is 31.0 Å². The minimum absolute atomic E-state index is 0.126. The van der Waals surface area contributed by atoms with Gasteiger partial charge in [-0.3, -0.25) is 4.79 Å². The monoisotopic (exact) mass is 222 g/mol. The van der Waals surface area contributed by atoms with Gasteiger partial charge in [0.15, 0.2) is 0 Å². The molecule has 0 saturated heterocycles. The molecule has 2 rings (SSSR count). The lowest BCUT2D eigenvalue weighted by Crippen LogP contribution is -2.11. The number of hydrogen-bond donors (Lipinski definition) is 1. The van der Waals surface area contributed by atoms with E-state index in [1.807, 2.05) is 19.9 Å². The highest BCUT2D eigenvalue weighted by molar-refractivity contribution is 6.16. The molecule has 0 bridgehead atoms. The number of fused-ring (bicyclic) bond motifs is 1. The average Bonchev–Trinajstić information content (AvgIpc) is 2.23. The van der Waals surface area contributed by atoms with Gasteiger partial charge in [0, 0.05) is 0 Å². The molecule has 0 saturated carbocycles. The second-order valence-corrected chi connectivity index (χ2v) is 3.82. The minimum Gasteiger partial charge on any atom is -0.309 e. The molecule has 0 unspecified atom stereocenters. The van der Waals surface area contributed by atoms with Crippen LogP contribution in [0, 0.1) is 13.8 Å². The van der Waals surface area contributed by atoms with Crippen molar-refractivity contribution >= 4 is 22.5 Å². The van der Waals surface area contributed by atoms with Crippen LogP contribution >= 0.6 is 11.6 Å². The Labute approximate surface area is 92.1 Å². The van der Waals surface area contributed by atoms with Crippen LogP contribution in [0.4, 0.5) is 0 Å². The van der Waals surface area contributed by atoms with E-state index in [9.17, 15) is 4.79 Å². The summed E-state index contributed by atoms with van der Waals surface area (Å²) in [7, 11) is 0. The van der Waals surface area contributed by atoms with Gasteiger partial charge in [-0.15, -0.1) is 11.6 Å². The molecule has 1 aromatic carbocycles. The SMILES string of the molecule is Cc1ccc2c(=O)[nH]c(CCl)nc2c1C. The van der Waals surface area contributed by atoms with Gasteiger partial charge >= 0.3 is 0 Å². The number of nitrogens with zero attached hydrogens (tertiary/aromatic N) is 1. The van der Waals surface area contributed by atoms with Crippen molar-refractivity contribution in [2.45, 2.75) is 19.7 Å². The summed E-state index contributed by atoms with van der Waals surface area (Å²) in [5.41, 5.74) is 2.78. The quantitative estimate of drug-likeness (QED) is 0.753. The standard InChI is InChI=1S/C11H11ClN2O/c1-6-3-4-8-10(7(6)2)13-9(5-12)14-11(8)15/h3-4H,5H2,1-2H3,(H,13,14,15). The molecule has 1 N–H and O–H groups in total. The maximum Gasteiger partial charge on any atom is 0.258 e. The highest BCUT2D eigenvalue weighted by Crippen LogP contribution is 2.16. The number of aryl methyl sites for hydroxylation is 2. The van der Waals surface area contributed by atoms with Crippen molar-refractivity contribution in [1.82, 2.24) is 9.97 Å². The smallest absolute Gasteiger partial charge is 0.258 e. The number of halogens is 1. The molecule has 0 atom stereocenters. The first-order chi connectivity index (χ1) is 7.13. The highest BCUT2D eigenvalue weighted by Gasteiger charge is 2.06. The van der Waals surface area contributed by atoms with Gasteiger partial charge in [0.25, 0.3) is 5.56 Å². The molecule has 0 spiro atoms. The van der Waals surface area contributed by atoms with E-state index in [-0.39, 0.29) is 11.4 Å². The summed E-state index contributed by atoms with van der Waals surface area (Å²) in [5.74, 6) is 0.737. The van der Waals surface area contributed by atoms with Gasteiger partial charge in [-0.25, -0.2) is 4.98 Å². The molecular weight excluding hydrogens is 212 g/mol. The first kappa shape index (κ1) is 10.2. The summed E-state index contributed by atoms with van der Waals surface area (Å²) in [6, 6.07) is 3.72. The number of benzene rings is 1. The van der Waals surface area contributed by atoms with E-state index in [4.69, 9.17) is 11.6 Å². The Morgan fingerprint density at radius 1 is 1.40 bits per heavy atom. The maximum absolute atomic E-state index is 11.7. The first-order valence-corrected chi connectivity index (χ1v) is 5.22. The fourth-order valence-electron chi connectivity index (χ4n) is 1.55. The molecule has 78 valence electrons. The number of alkyl halides is 1. The number of aromatic nitrogens is 2. The van der Waals surface area contributed by atoms with E-state index in [1.54, 1.807) is 6.07 Å². The van der Waals surface area contributed by atoms with Crippen molar-refractivity contribution in [1.29, 1.82) is 0 Å². The van der Waals surface area contributed by atoms with E-state index in [0.29, 0.717) is 11.2 Å². The van der Waals surface area contributed by atoms with Crippen molar-refractivity contribution in [2.24, 2.45) is 0 Å². The lowest BCUT2D eigenvalue weighted by atomic mass is 10.1. The normalized spacial score (nSPS) is 10.9. The van der Waals surface area contributed by atoms with Gasteiger partial charge < -0.3 is 4.98 Å². The van der Waals surface area contributed by atoms with Crippen LogP contribution < -0.4 is 5.56 Å². The molecule has 0 fully saturated rings. The topological polar surface area (TPSA) is 45.8 Å². The van der Waals surface area contributed by atoms with Crippen LogP contribution in [0.15, 0.2) is 16.9 Å². The van der Waals surface area contributed by atoms with E-state index < -0.39 is 0 Å². The molecule has 0 aliphatic rings. The van der Waals surface area contributed by atoms with Gasteiger partial charge in [-0.1, -0.05) is 6.07 Å². The van der Waals surface area contributed by atoms with Crippen molar-refractivity contribution < 1.29 is 0 Å². The van der Waals surface area contributed by atoms with Gasteiger partial charge in [0.1, 0.15) is 5.82 Å². The number of aromatic amines is 1. The zero-order valence-corrected chi connectivity index (χ0v) is 9.35. The Kier molecular flexibility index (Phi) is 2.49. The van der Waals surface area contributed by atoms with E-state index in [0.717, 1.165) is 16.6 Å². The van der Waals surface area contributed by atoms with Gasteiger partial charge in [0.05, 0.1) is 16.8 Å². The van der Waals surface area contributed by atoms with E-state index in [2.05, 4.69) is 9.97 Å². The lowest BCUT2D eigenvalue weighted by Gasteiger charge is -2.05. The Bertz CT molecular complexity index is 575. The zero-order valence-electron chi connectivity index (χ0n) is 8.60. The van der Waals surface area contributed by atoms with Crippen LogP contribution in [0.1, 0.15) is 17.0 Å². The predicted octanol–water partition coefficient (Wildman–Crippen LogP) is 2.28. The molecule has 1 aromatic heterocycles. The van der Waals surface area contributed by atoms with Crippen LogP contribution in [0.3, 0.4) is 0 Å². The zero-order chi connectivity index (χ0) is 11.0. The summed E-state index contributed by atoms with van der Waals surface area (Å²) in [6.07, 6.45) is 0. The molecule has 0 aliphatic heterocycles. The highest BCUT2D eigenvalue weighted by atomic mass is 35.5. The number of hydrogen-bond acceptors (Lipinski definition) is 2. The number of nitrogens with one attached hydrogen (secondary N) is 1. The second kappa shape index (κ2) is 3.66. The molecule has 3 nitrogen and oxygen atoms in total. The Morgan fingerprint density at radius 3 is 2.80 bits per heavy atom. The van der Waals surface area contributed by atoms with E-state index in [1.165, 1.54) is 0 Å². The molecule has 0 amide bonds. The minimum atomic E-state index is -0.126. The molecular formula is C11H11ClN2O. The Balaban J connectivity index is 2.93. The summed E-state index contributed by atoms with van der Waals surface area (Å²) in [4.78, 5) is 18.6. The van der Waals surface area contributed by atoms with Crippen molar-refractivity contribution in [2.75, 3.05) is 0 Å². The third-order valence-corrected chi connectivity index (χ3v) is 2.83. The third kappa shape index (κ3) is 1.63. The van der Waals surface area contributed by atoms with Crippen LogP contribution in [0.5, 0.6) is 0 Å². The van der Waals surface area contributed by atoms with Crippen LogP contribution in [-0.2, 0) is 5.88 Å². The van der Waals surface area contributed by atoms with Gasteiger partial charge in [-0.2, -0.15) is 0 Å². The predicted molar refractivity (Wildman–Crippen MR) is 61.4 cm³/mol. The van der Waals surface area contributed by atoms with Gasteiger partial charge in [0.2, 0.25) is 0 Å². The Morgan fingerprint density at radius 2 is 2.13 bits per heavy atom. The van der Waals surface area contributed by atoms with Crippen LogP contribution in [0.25, 0.3) is 10.9 Å². The molecule has 2 aromatic rings. The molecule has 4 heteroatoms. The Hall–Kier alpha value is -1.35. The summed E-state index contributed by atoms with van der Waals surface area (Å²) >= 11 is 5.66. The lowest BCUT2D eigenvalue weighted by molar-refractivity contribution is 1.03. The van der Waals surface area contributed by atoms with Crippen molar-refractivity contribution in [3.05, 3.63) is 39.4 Å². The summed E-state index contributed by atoms with van der Waals surface area (Å²) in [6.45, 7) is 3.96. The molecule has 0 aliphatic carbocycles. The molecule has 15 heavy (non-hydrogen) atoms. The van der Waals surface area contributed by atoms with Crippen molar-refractivity contribution in [3.63, 3.8) is 0 Å². The number of rotatable bonds is 1.